The summed E-state index contributed by atoms with van der Waals surface area (Å²) in [5, 5.41) is 3.12. The number of benzene rings is 2. The summed E-state index contributed by atoms with van der Waals surface area (Å²) in [7, 11) is 0. The number of carbonyl (C=O) groups is 1. The van der Waals surface area contributed by atoms with E-state index in [1.54, 1.807) is 0 Å². The van der Waals surface area contributed by atoms with Crippen LogP contribution in [0.2, 0.25) is 0 Å². The molecule has 0 aliphatic heterocycles. The van der Waals surface area contributed by atoms with Gasteiger partial charge in [-0.1, -0.05) is 56.3 Å². The Bertz CT molecular complexity index is 609. The molecule has 21 heavy (non-hydrogen) atoms. The van der Waals surface area contributed by atoms with Crippen molar-refractivity contribution in [3.05, 3.63) is 64.7 Å². The van der Waals surface area contributed by atoms with Gasteiger partial charge < -0.3 is 5.32 Å². The van der Waals surface area contributed by atoms with E-state index >= 15 is 0 Å². The molecule has 0 bridgehead atoms. The van der Waals surface area contributed by atoms with Crippen molar-refractivity contribution in [2.45, 2.75) is 40.0 Å². The molecule has 0 atom stereocenters. The van der Waals surface area contributed by atoms with Crippen LogP contribution < -0.4 is 5.32 Å². The van der Waals surface area contributed by atoms with Gasteiger partial charge >= 0.3 is 0 Å². The lowest BCUT2D eigenvalue weighted by Crippen LogP contribution is -2.17. The van der Waals surface area contributed by atoms with Crippen LogP contribution in [0.4, 0.5) is 5.69 Å². The van der Waals surface area contributed by atoms with Crippen LogP contribution in [0.3, 0.4) is 0 Å². The third-order valence-electron chi connectivity index (χ3n) is 3.88. The second-order valence-electron chi connectivity index (χ2n) is 5.31. The van der Waals surface area contributed by atoms with Crippen LogP contribution in [-0.2, 0) is 24.1 Å². The molecule has 2 nitrogen and oxygen atoms in total. The van der Waals surface area contributed by atoms with Crippen molar-refractivity contribution in [1.82, 2.24) is 0 Å². The molecule has 0 fully saturated rings. The van der Waals surface area contributed by atoms with Crippen LogP contribution in [0.25, 0.3) is 0 Å². The molecule has 2 rings (SSSR count). The first kappa shape index (κ1) is 15.3. The number of hydrogen-bond donors (Lipinski definition) is 1. The lowest BCUT2D eigenvalue weighted by atomic mass is 10.0. The molecule has 0 spiro atoms. The standard InChI is InChI=1S/C19H23NO/c1-4-15-11-8-12-16(5-2)19(15)20-18(21)13-17-10-7-6-9-14(17)3/h6-12H,4-5,13H2,1-3H3,(H,20,21). The van der Waals surface area contributed by atoms with Gasteiger partial charge in [-0.25, -0.2) is 0 Å². The molecule has 2 heteroatoms. The van der Waals surface area contributed by atoms with Gasteiger partial charge in [-0.05, 0) is 42.0 Å². The highest BCUT2D eigenvalue weighted by Crippen LogP contribution is 2.23. The minimum absolute atomic E-state index is 0.0555. The molecule has 0 aromatic heterocycles. The third-order valence-corrected chi connectivity index (χ3v) is 3.88. The summed E-state index contributed by atoms with van der Waals surface area (Å²) in [6, 6.07) is 14.3. The molecule has 110 valence electrons. The molecule has 0 radical (unpaired) electrons. The fourth-order valence-corrected chi connectivity index (χ4v) is 2.57. The van der Waals surface area contributed by atoms with E-state index in [2.05, 4.69) is 37.4 Å². The maximum atomic E-state index is 12.4. The number of rotatable bonds is 5. The van der Waals surface area contributed by atoms with E-state index < -0.39 is 0 Å². The SMILES string of the molecule is CCc1cccc(CC)c1NC(=O)Cc1ccccc1C. The second-order valence-corrected chi connectivity index (χ2v) is 5.31. The molecular weight excluding hydrogens is 258 g/mol. The molecule has 0 aliphatic carbocycles. The van der Waals surface area contributed by atoms with Gasteiger partial charge in [0.05, 0.1) is 6.42 Å². The van der Waals surface area contributed by atoms with Crippen molar-refractivity contribution in [3.63, 3.8) is 0 Å². The maximum Gasteiger partial charge on any atom is 0.228 e. The van der Waals surface area contributed by atoms with Crippen LogP contribution in [0, 0.1) is 6.92 Å². The minimum atomic E-state index is 0.0555. The Kier molecular flexibility index (Phi) is 5.15. The zero-order chi connectivity index (χ0) is 15.2. The molecule has 2 aromatic carbocycles. The summed E-state index contributed by atoms with van der Waals surface area (Å²) in [6.45, 7) is 6.28. The summed E-state index contributed by atoms with van der Waals surface area (Å²) in [5.74, 6) is 0.0555. The largest absolute Gasteiger partial charge is 0.325 e. The van der Waals surface area contributed by atoms with Crippen molar-refractivity contribution >= 4 is 11.6 Å². The fraction of sp³-hybridized carbons (Fsp3) is 0.316. The normalized spacial score (nSPS) is 10.4. The summed E-state index contributed by atoms with van der Waals surface area (Å²) < 4.78 is 0. The lowest BCUT2D eigenvalue weighted by molar-refractivity contribution is -0.115. The van der Waals surface area contributed by atoms with Gasteiger partial charge in [-0.2, -0.15) is 0 Å². The number of carbonyl (C=O) groups excluding carboxylic acids is 1. The number of hydrogen-bond acceptors (Lipinski definition) is 1. The lowest BCUT2D eigenvalue weighted by Gasteiger charge is -2.15. The zero-order valence-electron chi connectivity index (χ0n) is 13.1. The minimum Gasteiger partial charge on any atom is -0.325 e. The molecular formula is C19H23NO. The number of nitrogens with one attached hydrogen (secondary N) is 1. The highest BCUT2D eigenvalue weighted by Gasteiger charge is 2.11. The van der Waals surface area contributed by atoms with E-state index in [-0.39, 0.29) is 5.91 Å². The molecule has 1 amide bonds. The highest BCUT2D eigenvalue weighted by molar-refractivity contribution is 5.94. The average molecular weight is 281 g/mol. The predicted molar refractivity (Wildman–Crippen MR) is 88.7 cm³/mol. The zero-order valence-corrected chi connectivity index (χ0v) is 13.1. The Balaban J connectivity index is 2.18. The van der Waals surface area contributed by atoms with Gasteiger partial charge in [-0.15, -0.1) is 0 Å². The summed E-state index contributed by atoms with van der Waals surface area (Å²) in [4.78, 5) is 12.4. The van der Waals surface area contributed by atoms with Crippen molar-refractivity contribution in [2.24, 2.45) is 0 Å². The van der Waals surface area contributed by atoms with Crippen molar-refractivity contribution in [1.29, 1.82) is 0 Å². The summed E-state index contributed by atoms with van der Waals surface area (Å²) in [5.41, 5.74) is 5.65. The van der Waals surface area contributed by atoms with Crippen molar-refractivity contribution in [2.75, 3.05) is 5.32 Å². The number of anilines is 1. The van der Waals surface area contributed by atoms with Gasteiger partial charge in [0.15, 0.2) is 0 Å². The first-order chi connectivity index (χ1) is 10.2. The summed E-state index contributed by atoms with van der Waals surface area (Å²) in [6.07, 6.45) is 2.27. The Morgan fingerprint density at radius 1 is 0.905 bits per heavy atom. The Hall–Kier alpha value is -2.09. The Morgan fingerprint density at radius 3 is 2.05 bits per heavy atom. The second kappa shape index (κ2) is 7.07. The molecule has 0 saturated heterocycles. The molecule has 0 saturated carbocycles. The average Bonchev–Trinajstić information content (AvgIpc) is 2.49. The van der Waals surface area contributed by atoms with Crippen LogP contribution in [0.5, 0.6) is 0 Å². The van der Waals surface area contributed by atoms with Gasteiger partial charge in [0.25, 0.3) is 0 Å². The quantitative estimate of drug-likeness (QED) is 0.869. The van der Waals surface area contributed by atoms with E-state index in [9.17, 15) is 4.79 Å². The van der Waals surface area contributed by atoms with Crippen LogP contribution in [0.15, 0.2) is 42.5 Å². The number of aryl methyl sites for hydroxylation is 3. The highest BCUT2D eigenvalue weighted by atomic mass is 16.1. The number of para-hydroxylation sites is 1. The molecule has 2 aromatic rings. The molecule has 0 unspecified atom stereocenters. The van der Waals surface area contributed by atoms with E-state index in [4.69, 9.17) is 0 Å². The Labute approximate surface area is 127 Å². The molecule has 0 aliphatic rings. The fourth-order valence-electron chi connectivity index (χ4n) is 2.57. The van der Waals surface area contributed by atoms with E-state index in [0.717, 1.165) is 29.7 Å². The van der Waals surface area contributed by atoms with Crippen molar-refractivity contribution in [3.8, 4) is 0 Å². The smallest absolute Gasteiger partial charge is 0.228 e. The maximum absolute atomic E-state index is 12.4. The summed E-state index contributed by atoms with van der Waals surface area (Å²) >= 11 is 0. The first-order valence-electron chi connectivity index (χ1n) is 7.60. The Morgan fingerprint density at radius 2 is 1.48 bits per heavy atom. The monoisotopic (exact) mass is 281 g/mol. The van der Waals surface area contributed by atoms with Gasteiger partial charge in [0.1, 0.15) is 0 Å². The van der Waals surface area contributed by atoms with Crippen LogP contribution in [0.1, 0.15) is 36.1 Å². The van der Waals surface area contributed by atoms with E-state index in [1.165, 1.54) is 11.1 Å². The van der Waals surface area contributed by atoms with E-state index in [1.807, 2.05) is 31.2 Å². The van der Waals surface area contributed by atoms with Gasteiger partial charge in [0, 0.05) is 5.69 Å². The molecule has 1 N–H and O–H groups in total. The third kappa shape index (κ3) is 3.72. The topological polar surface area (TPSA) is 29.1 Å². The van der Waals surface area contributed by atoms with Crippen molar-refractivity contribution < 1.29 is 4.79 Å². The van der Waals surface area contributed by atoms with Crippen LogP contribution >= 0.6 is 0 Å². The van der Waals surface area contributed by atoms with Crippen LogP contribution in [-0.4, -0.2) is 5.91 Å². The molecule has 0 heterocycles. The van der Waals surface area contributed by atoms with Gasteiger partial charge in [0.2, 0.25) is 5.91 Å². The van der Waals surface area contributed by atoms with E-state index in [0.29, 0.717) is 6.42 Å². The van der Waals surface area contributed by atoms with Gasteiger partial charge in [-0.3, -0.25) is 4.79 Å². The number of amides is 1. The predicted octanol–water partition coefficient (Wildman–Crippen LogP) is 4.30. The first-order valence-corrected chi connectivity index (χ1v) is 7.60.